The third kappa shape index (κ3) is 5.87. The van der Waals surface area contributed by atoms with Gasteiger partial charge in [-0.15, -0.1) is 0 Å². The van der Waals surface area contributed by atoms with Crippen LogP contribution in [0.3, 0.4) is 0 Å². The number of carbonyl (C=O) groups excluding carboxylic acids is 1. The second kappa shape index (κ2) is 8.10. The maximum Gasteiger partial charge on any atom is 0.325 e. The molecule has 0 heterocycles. The molecule has 1 aromatic rings. The summed E-state index contributed by atoms with van der Waals surface area (Å²) in [5.74, 6) is -1.49. The summed E-state index contributed by atoms with van der Waals surface area (Å²) in [6.07, 6.45) is 0. The summed E-state index contributed by atoms with van der Waals surface area (Å²) in [7, 11) is 1.51. The predicted molar refractivity (Wildman–Crippen MR) is 69.1 cm³/mol. The summed E-state index contributed by atoms with van der Waals surface area (Å²) in [6.45, 7) is 0.102. The van der Waals surface area contributed by atoms with Crippen LogP contribution in [-0.4, -0.2) is 50.5 Å². The molecule has 0 radical (unpaired) electrons. The van der Waals surface area contributed by atoms with Crippen molar-refractivity contribution in [3.63, 3.8) is 0 Å². The smallest absolute Gasteiger partial charge is 0.325 e. The Morgan fingerprint density at radius 1 is 1.16 bits per heavy atom. The van der Waals surface area contributed by atoms with E-state index < -0.39 is 11.9 Å². The first kappa shape index (κ1) is 15.0. The van der Waals surface area contributed by atoms with Crippen molar-refractivity contribution in [1.29, 1.82) is 0 Å². The molecule has 1 aromatic carbocycles. The normalized spacial score (nSPS) is 9.95. The summed E-state index contributed by atoms with van der Waals surface area (Å²) < 4.78 is 9.68. The van der Waals surface area contributed by atoms with Gasteiger partial charge < -0.3 is 19.5 Å². The van der Waals surface area contributed by atoms with Gasteiger partial charge in [-0.25, -0.2) is 0 Å². The van der Waals surface area contributed by atoms with Crippen LogP contribution in [0.2, 0.25) is 0 Å². The highest BCUT2D eigenvalue weighted by molar-refractivity contribution is 5.80. The molecule has 0 aliphatic heterocycles. The number of para-hydroxylation sites is 1. The molecule has 19 heavy (non-hydrogen) atoms. The van der Waals surface area contributed by atoms with E-state index in [9.17, 15) is 9.59 Å². The van der Waals surface area contributed by atoms with Gasteiger partial charge in [0.05, 0.1) is 6.61 Å². The van der Waals surface area contributed by atoms with Gasteiger partial charge in [-0.2, -0.15) is 0 Å². The standard InChI is InChI=1S/C13H17NO5/c1-18-7-8-19-13(17)10-14(9-12(15)16)11-5-3-2-4-6-11/h2-6H,7-10H2,1H3,(H,15,16). The molecule has 0 fully saturated rings. The van der Waals surface area contributed by atoms with Gasteiger partial charge in [-0.1, -0.05) is 18.2 Å². The van der Waals surface area contributed by atoms with Crippen LogP contribution >= 0.6 is 0 Å². The van der Waals surface area contributed by atoms with Gasteiger partial charge in [0.2, 0.25) is 0 Å². The van der Waals surface area contributed by atoms with Gasteiger partial charge in [0.15, 0.2) is 0 Å². The van der Waals surface area contributed by atoms with Crippen molar-refractivity contribution in [2.75, 3.05) is 38.3 Å². The number of benzene rings is 1. The number of ether oxygens (including phenoxy) is 2. The lowest BCUT2D eigenvalue weighted by molar-refractivity contribution is -0.143. The van der Waals surface area contributed by atoms with Gasteiger partial charge in [-0.05, 0) is 12.1 Å². The number of anilines is 1. The number of rotatable bonds is 8. The number of carbonyl (C=O) groups is 2. The minimum atomic E-state index is -1.01. The second-order valence-electron chi connectivity index (χ2n) is 3.80. The molecule has 0 saturated heterocycles. The zero-order valence-electron chi connectivity index (χ0n) is 10.7. The number of nitrogens with zero attached hydrogens (tertiary/aromatic N) is 1. The minimum Gasteiger partial charge on any atom is -0.480 e. The summed E-state index contributed by atoms with van der Waals surface area (Å²) in [6, 6.07) is 8.86. The SMILES string of the molecule is COCCOC(=O)CN(CC(=O)O)c1ccccc1. The van der Waals surface area contributed by atoms with Crippen LogP contribution in [0, 0.1) is 0 Å². The van der Waals surface area contributed by atoms with Crippen LogP contribution in [-0.2, 0) is 19.1 Å². The van der Waals surface area contributed by atoms with E-state index in [4.69, 9.17) is 14.6 Å². The largest absolute Gasteiger partial charge is 0.480 e. The Labute approximate surface area is 111 Å². The van der Waals surface area contributed by atoms with Crippen LogP contribution in [0.5, 0.6) is 0 Å². The number of hydrogen-bond donors (Lipinski definition) is 1. The molecular formula is C13H17NO5. The van der Waals surface area contributed by atoms with Crippen molar-refractivity contribution in [3.05, 3.63) is 30.3 Å². The Morgan fingerprint density at radius 3 is 2.42 bits per heavy atom. The van der Waals surface area contributed by atoms with Gasteiger partial charge in [0.1, 0.15) is 19.7 Å². The first-order chi connectivity index (χ1) is 9.13. The topological polar surface area (TPSA) is 76.1 Å². The Kier molecular flexibility index (Phi) is 6.38. The van der Waals surface area contributed by atoms with E-state index in [-0.39, 0.29) is 19.7 Å². The van der Waals surface area contributed by atoms with Crippen LogP contribution in [0.4, 0.5) is 5.69 Å². The molecule has 0 unspecified atom stereocenters. The number of esters is 1. The monoisotopic (exact) mass is 267 g/mol. The zero-order valence-corrected chi connectivity index (χ0v) is 10.7. The van der Waals surface area contributed by atoms with Crippen molar-refractivity contribution in [2.24, 2.45) is 0 Å². The minimum absolute atomic E-state index is 0.111. The average Bonchev–Trinajstić information content (AvgIpc) is 2.39. The first-order valence-electron chi connectivity index (χ1n) is 5.80. The molecular weight excluding hydrogens is 250 g/mol. The number of carboxylic acids is 1. The Balaban J connectivity index is 2.60. The van der Waals surface area contributed by atoms with Crippen molar-refractivity contribution in [3.8, 4) is 0 Å². The second-order valence-corrected chi connectivity index (χ2v) is 3.80. The van der Waals surface area contributed by atoms with Crippen LogP contribution in [0.1, 0.15) is 0 Å². The average molecular weight is 267 g/mol. The number of methoxy groups -OCH3 is 1. The first-order valence-corrected chi connectivity index (χ1v) is 5.80. The van der Waals surface area contributed by atoms with E-state index in [1.54, 1.807) is 24.3 Å². The lowest BCUT2D eigenvalue weighted by Crippen LogP contribution is -2.35. The summed E-state index contributed by atoms with van der Waals surface area (Å²) >= 11 is 0. The molecule has 0 bridgehead atoms. The summed E-state index contributed by atoms with van der Waals surface area (Å²) in [5, 5.41) is 8.86. The van der Waals surface area contributed by atoms with E-state index in [0.717, 1.165) is 0 Å². The van der Waals surface area contributed by atoms with Crippen LogP contribution in [0.15, 0.2) is 30.3 Å². The predicted octanol–water partition coefficient (Wildman–Crippen LogP) is 0.767. The van der Waals surface area contributed by atoms with Gasteiger partial charge in [0, 0.05) is 12.8 Å². The molecule has 104 valence electrons. The highest BCUT2D eigenvalue weighted by Crippen LogP contribution is 2.12. The molecule has 6 heteroatoms. The fraction of sp³-hybridized carbons (Fsp3) is 0.385. The maximum absolute atomic E-state index is 11.6. The molecule has 1 N–H and O–H groups in total. The van der Waals surface area contributed by atoms with Crippen molar-refractivity contribution >= 4 is 17.6 Å². The highest BCUT2D eigenvalue weighted by atomic mass is 16.6. The zero-order chi connectivity index (χ0) is 14.1. The van der Waals surface area contributed by atoms with Crippen LogP contribution in [0.25, 0.3) is 0 Å². The molecule has 0 spiro atoms. The van der Waals surface area contributed by atoms with E-state index in [2.05, 4.69) is 0 Å². The third-order valence-electron chi connectivity index (χ3n) is 2.32. The van der Waals surface area contributed by atoms with Gasteiger partial charge >= 0.3 is 11.9 Å². The van der Waals surface area contributed by atoms with Crippen LogP contribution < -0.4 is 4.90 Å². The van der Waals surface area contributed by atoms with E-state index in [1.807, 2.05) is 6.07 Å². The Hall–Kier alpha value is -2.08. The Morgan fingerprint density at radius 2 is 1.84 bits per heavy atom. The van der Waals surface area contributed by atoms with E-state index >= 15 is 0 Å². The lowest BCUT2D eigenvalue weighted by Gasteiger charge is -2.21. The molecule has 1 rings (SSSR count). The third-order valence-corrected chi connectivity index (χ3v) is 2.32. The fourth-order valence-electron chi connectivity index (χ4n) is 1.48. The lowest BCUT2D eigenvalue weighted by atomic mass is 10.3. The van der Waals surface area contributed by atoms with E-state index in [1.165, 1.54) is 12.0 Å². The van der Waals surface area contributed by atoms with Crippen molar-refractivity contribution in [2.45, 2.75) is 0 Å². The molecule has 0 aliphatic rings. The number of carboxylic acid groups (broad SMARTS) is 1. The van der Waals surface area contributed by atoms with Crippen molar-refractivity contribution < 1.29 is 24.2 Å². The number of aliphatic carboxylic acids is 1. The van der Waals surface area contributed by atoms with Crippen molar-refractivity contribution in [1.82, 2.24) is 0 Å². The molecule has 0 atom stereocenters. The highest BCUT2D eigenvalue weighted by Gasteiger charge is 2.15. The van der Waals surface area contributed by atoms with Gasteiger partial charge in [-0.3, -0.25) is 9.59 Å². The molecule has 6 nitrogen and oxygen atoms in total. The molecule has 0 saturated carbocycles. The molecule has 0 aromatic heterocycles. The maximum atomic E-state index is 11.6. The fourth-order valence-corrected chi connectivity index (χ4v) is 1.48. The van der Waals surface area contributed by atoms with E-state index in [0.29, 0.717) is 12.3 Å². The molecule has 0 aliphatic carbocycles. The molecule has 0 amide bonds. The quantitative estimate of drug-likeness (QED) is 0.554. The van der Waals surface area contributed by atoms with Gasteiger partial charge in [0.25, 0.3) is 0 Å². The summed E-state index contributed by atoms with van der Waals surface area (Å²) in [4.78, 5) is 23.8. The number of hydrogen-bond acceptors (Lipinski definition) is 5. The Bertz CT molecular complexity index is 407. The summed E-state index contributed by atoms with van der Waals surface area (Å²) in [5.41, 5.74) is 0.661.